The molecule has 0 fully saturated rings. The van der Waals surface area contributed by atoms with Crippen molar-refractivity contribution in [1.29, 1.82) is 0 Å². The summed E-state index contributed by atoms with van der Waals surface area (Å²) < 4.78 is 0. The van der Waals surface area contributed by atoms with Crippen LogP contribution in [0.5, 0.6) is 0 Å². The van der Waals surface area contributed by atoms with Crippen molar-refractivity contribution < 1.29 is 14.9 Å². The van der Waals surface area contributed by atoms with Crippen molar-refractivity contribution >= 4 is 23.2 Å². The lowest BCUT2D eigenvalue weighted by atomic mass is 10.0. The molecule has 0 aliphatic carbocycles. The normalized spacial score (nSPS) is 11.9. The molecule has 0 aliphatic heterocycles. The minimum absolute atomic E-state index is 0.0697. The van der Waals surface area contributed by atoms with E-state index in [-0.39, 0.29) is 25.0 Å². The van der Waals surface area contributed by atoms with Crippen LogP contribution in [0, 0.1) is 0 Å². The van der Waals surface area contributed by atoms with Gasteiger partial charge in [-0.2, -0.15) is 0 Å². The second-order valence-corrected chi connectivity index (χ2v) is 6.25. The summed E-state index contributed by atoms with van der Waals surface area (Å²) in [4.78, 5) is 23.7. The van der Waals surface area contributed by atoms with Crippen molar-refractivity contribution in [2.75, 3.05) is 13.1 Å². The second kappa shape index (κ2) is 8.45. The molecule has 1 aromatic heterocycles. The molecule has 0 aliphatic rings. The summed E-state index contributed by atoms with van der Waals surface area (Å²) in [5, 5.41) is 6.52. The summed E-state index contributed by atoms with van der Waals surface area (Å²) in [7, 11) is 0. The van der Waals surface area contributed by atoms with Crippen LogP contribution in [0.25, 0.3) is 0 Å². The second-order valence-electron chi connectivity index (χ2n) is 5.27. The highest BCUT2D eigenvalue weighted by atomic mass is 32.1. The minimum Gasteiger partial charge on any atom is -0.368 e. The lowest BCUT2D eigenvalue weighted by Crippen LogP contribution is -2.87. The smallest absolute Gasteiger partial charge is 0.275 e. The Bertz CT molecular complexity index is 638. The monoisotopic (exact) mass is 332 g/mol. The molecule has 0 saturated carbocycles. The van der Waals surface area contributed by atoms with E-state index in [0.717, 1.165) is 12.0 Å². The Balaban J connectivity index is 2.06. The summed E-state index contributed by atoms with van der Waals surface area (Å²) in [6, 6.07) is 12.6. The third kappa shape index (κ3) is 5.19. The summed E-state index contributed by atoms with van der Waals surface area (Å²) in [5.41, 5.74) is 7.48. The number of hydrogen-bond acceptors (Lipinski definition) is 3. The van der Waals surface area contributed by atoms with E-state index in [1.165, 1.54) is 10.4 Å². The first-order valence-corrected chi connectivity index (χ1v) is 8.48. The Morgan fingerprint density at radius 2 is 2.00 bits per heavy atom. The summed E-state index contributed by atoms with van der Waals surface area (Å²) >= 11 is 1.67. The third-order valence-corrected chi connectivity index (χ3v) is 4.55. The van der Waals surface area contributed by atoms with Gasteiger partial charge in [0.05, 0.1) is 11.4 Å². The van der Waals surface area contributed by atoms with Gasteiger partial charge in [0.2, 0.25) is 5.91 Å². The molecule has 23 heavy (non-hydrogen) atoms. The Morgan fingerprint density at radius 1 is 1.26 bits per heavy atom. The molecule has 1 aromatic carbocycles. The molecule has 5 nitrogen and oxygen atoms in total. The Labute approximate surface area is 139 Å². The molecule has 0 radical (unpaired) electrons. The molecule has 2 aromatic rings. The fourth-order valence-corrected chi connectivity index (χ4v) is 3.18. The van der Waals surface area contributed by atoms with E-state index in [4.69, 9.17) is 5.73 Å². The first-order valence-electron chi connectivity index (χ1n) is 7.60. The molecule has 2 amide bonds. The number of nitrogens with two attached hydrogens (primary N) is 2. The zero-order chi connectivity index (χ0) is 16.7. The molecule has 0 saturated heterocycles. The largest absolute Gasteiger partial charge is 0.368 e. The third-order valence-electron chi connectivity index (χ3n) is 3.60. The van der Waals surface area contributed by atoms with Gasteiger partial charge in [-0.25, -0.2) is 0 Å². The Kier molecular flexibility index (Phi) is 6.31. The predicted octanol–water partition coefficient (Wildman–Crippen LogP) is 0.565. The highest BCUT2D eigenvalue weighted by Crippen LogP contribution is 2.23. The number of thiophene rings is 1. The average Bonchev–Trinajstić information content (AvgIpc) is 3.08. The van der Waals surface area contributed by atoms with Crippen LogP contribution in [0.1, 0.15) is 29.0 Å². The van der Waals surface area contributed by atoms with Crippen LogP contribution in [0.3, 0.4) is 0 Å². The zero-order valence-electron chi connectivity index (χ0n) is 13.1. The van der Waals surface area contributed by atoms with E-state index in [0.29, 0.717) is 0 Å². The average molecular weight is 332 g/mol. The van der Waals surface area contributed by atoms with Gasteiger partial charge >= 0.3 is 0 Å². The number of amides is 2. The van der Waals surface area contributed by atoms with E-state index in [9.17, 15) is 9.59 Å². The maximum atomic E-state index is 11.8. The van der Waals surface area contributed by atoms with Crippen LogP contribution in [-0.2, 0) is 16.0 Å². The maximum absolute atomic E-state index is 11.8. The standard InChI is InChI=1S/C17H21N3O2S/c1-2-12-5-7-13(8-6-12)17(14-4-3-9-23-14)20-11-16(22)19-10-15(18)21/h3-9,17,20H,2,10-11H2,1H3,(H2,18,21)(H,19,22)/p+1/t17-/m1/s1. The molecule has 0 spiro atoms. The highest BCUT2D eigenvalue weighted by Gasteiger charge is 2.20. The van der Waals surface area contributed by atoms with E-state index in [1.807, 2.05) is 16.8 Å². The van der Waals surface area contributed by atoms with E-state index < -0.39 is 5.91 Å². The number of nitrogens with one attached hydrogen (secondary N) is 1. The van der Waals surface area contributed by atoms with Gasteiger partial charge in [-0.1, -0.05) is 37.3 Å². The number of carbonyl (C=O) groups excluding carboxylic acids is 2. The molecule has 1 heterocycles. The van der Waals surface area contributed by atoms with Crippen molar-refractivity contribution in [1.82, 2.24) is 5.32 Å². The number of carbonyl (C=O) groups is 2. The van der Waals surface area contributed by atoms with Gasteiger partial charge in [0.15, 0.2) is 6.54 Å². The van der Waals surface area contributed by atoms with E-state index in [2.05, 4.69) is 42.6 Å². The number of quaternary nitrogens is 1. The van der Waals surface area contributed by atoms with Crippen molar-refractivity contribution in [2.45, 2.75) is 19.4 Å². The predicted molar refractivity (Wildman–Crippen MR) is 91.0 cm³/mol. The quantitative estimate of drug-likeness (QED) is 0.660. The number of aryl methyl sites for hydroxylation is 1. The first-order chi connectivity index (χ1) is 11.1. The maximum Gasteiger partial charge on any atom is 0.275 e. The number of hydrogen-bond donors (Lipinski definition) is 3. The fourth-order valence-electron chi connectivity index (χ4n) is 2.33. The molecule has 0 unspecified atom stereocenters. The van der Waals surface area contributed by atoms with Gasteiger partial charge in [-0.05, 0) is 23.4 Å². The number of benzene rings is 1. The molecule has 122 valence electrons. The molecular weight excluding hydrogens is 310 g/mol. The number of rotatable bonds is 8. The van der Waals surface area contributed by atoms with Crippen LogP contribution in [0.4, 0.5) is 0 Å². The molecular formula is C17H22N3O2S+. The van der Waals surface area contributed by atoms with Crippen molar-refractivity contribution in [3.05, 3.63) is 57.8 Å². The van der Waals surface area contributed by atoms with Crippen molar-refractivity contribution in [2.24, 2.45) is 5.73 Å². The van der Waals surface area contributed by atoms with Gasteiger partial charge in [0.25, 0.3) is 5.91 Å². The van der Waals surface area contributed by atoms with Crippen LogP contribution >= 0.6 is 11.3 Å². The summed E-state index contributed by atoms with van der Waals surface area (Å²) in [5.74, 6) is -0.737. The highest BCUT2D eigenvalue weighted by molar-refractivity contribution is 7.10. The Morgan fingerprint density at radius 3 is 2.57 bits per heavy atom. The lowest BCUT2D eigenvalue weighted by Gasteiger charge is -2.15. The molecule has 1 atom stereocenters. The van der Waals surface area contributed by atoms with Gasteiger partial charge in [0.1, 0.15) is 6.04 Å². The van der Waals surface area contributed by atoms with Crippen molar-refractivity contribution in [3.8, 4) is 0 Å². The van der Waals surface area contributed by atoms with E-state index >= 15 is 0 Å². The SMILES string of the molecule is CCc1ccc([C@@H]([NH2+]CC(=O)NCC(N)=O)c2cccs2)cc1. The zero-order valence-corrected chi connectivity index (χ0v) is 13.9. The van der Waals surface area contributed by atoms with Gasteiger partial charge < -0.3 is 16.4 Å². The molecule has 0 bridgehead atoms. The lowest BCUT2D eigenvalue weighted by molar-refractivity contribution is -0.676. The van der Waals surface area contributed by atoms with Crippen LogP contribution in [0.2, 0.25) is 0 Å². The number of primary amides is 1. The van der Waals surface area contributed by atoms with Crippen LogP contribution in [0.15, 0.2) is 41.8 Å². The molecule has 2 rings (SSSR count). The van der Waals surface area contributed by atoms with E-state index in [1.54, 1.807) is 11.3 Å². The molecule has 6 heteroatoms. The van der Waals surface area contributed by atoms with Crippen LogP contribution < -0.4 is 16.4 Å². The summed E-state index contributed by atoms with van der Waals surface area (Å²) in [6.07, 6.45) is 1.00. The van der Waals surface area contributed by atoms with Gasteiger partial charge in [0, 0.05) is 5.56 Å². The minimum atomic E-state index is -0.539. The Hall–Kier alpha value is -2.18. The first kappa shape index (κ1) is 17.2. The molecule has 5 N–H and O–H groups in total. The van der Waals surface area contributed by atoms with Crippen LogP contribution in [-0.4, -0.2) is 24.9 Å². The summed E-state index contributed by atoms with van der Waals surface area (Å²) in [6.45, 7) is 2.24. The van der Waals surface area contributed by atoms with Gasteiger partial charge in [-0.15, -0.1) is 11.3 Å². The fraction of sp³-hybridized carbons (Fsp3) is 0.294. The van der Waals surface area contributed by atoms with Crippen molar-refractivity contribution in [3.63, 3.8) is 0 Å². The van der Waals surface area contributed by atoms with Gasteiger partial charge in [-0.3, -0.25) is 9.59 Å². The topological polar surface area (TPSA) is 88.8 Å².